The molecule has 2 atom stereocenters. The Balaban J connectivity index is 1.57. The molecular weight excluding hydrogens is 264 g/mol. The fourth-order valence-electron chi connectivity index (χ4n) is 3.50. The number of nitrogens with one attached hydrogen (secondary N) is 2. The zero-order valence-corrected chi connectivity index (χ0v) is 13.3. The molecule has 2 unspecified atom stereocenters. The van der Waals surface area contributed by atoms with Crippen LogP contribution >= 0.6 is 11.8 Å². The van der Waals surface area contributed by atoms with E-state index in [0.29, 0.717) is 0 Å². The molecule has 1 fully saturated rings. The molecule has 1 aromatic carbocycles. The first-order valence-corrected chi connectivity index (χ1v) is 9.11. The van der Waals surface area contributed by atoms with Gasteiger partial charge in [-0.1, -0.05) is 25.1 Å². The van der Waals surface area contributed by atoms with Gasteiger partial charge >= 0.3 is 0 Å². The Morgan fingerprint density at radius 1 is 1.35 bits per heavy atom. The summed E-state index contributed by atoms with van der Waals surface area (Å²) in [6, 6.07) is 7.48. The Morgan fingerprint density at radius 2 is 2.30 bits per heavy atom. The molecule has 1 saturated carbocycles. The molecule has 3 rings (SSSR count). The lowest BCUT2D eigenvalue weighted by molar-refractivity contribution is 0.525. The van der Waals surface area contributed by atoms with Gasteiger partial charge in [-0.05, 0) is 49.0 Å². The van der Waals surface area contributed by atoms with E-state index in [4.69, 9.17) is 0 Å². The van der Waals surface area contributed by atoms with E-state index in [-0.39, 0.29) is 0 Å². The summed E-state index contributed by atoms with van der Waals surface area (Å²) in [5, 5.41) is 8.26. The number of thioether (sulfide) groups is 1. The van der Waals surface area contributed by atoms with E-state index in [1.54, 1.807) is 0 Å². The Labute approximate surface area is 127 Å². The SMILES string of the molecule is CCSC1CCC(NCc2cccc3c2NCCC3)C1. The third kappa shape index (κ3) is 3.32. The van der Waals surface area contributed by atoms with Gasteiger partial charge in [-0.3, -0.25) is 0 Å². The van der Waals surface area contributed by atoms with Crippen molar-refractivity contribution in [2.45, 2.75) is 56.9 Å². The van der Waals surface area contributed by atoms with Gasteiger partial charge in [0.2, 0.25) is 0 Å². The normalized spacial score (nSPS) is 25.2. The number of hydrogen-bond acceptors (Lipinski definition) is 3. The second-order valence-electron chi connectivity index (χ2n) is 5.95. The van der Waals surface area contributed by atoms with E-state index in [1.165, 1.54) is 54.7 Å². The molecule has 2 aliphatic rings. The zero-order chi connectivity index (χ0) is 13.8. The number of anilines is 1. The highest BCUT2D eigenvalue weighted by Crippen LogP contribution is 2.31. The van der Waals surface area contributed by atoms with Crippen molar-refractivity contribution in [2.24, 2.45) is 0 Å². The maximum Gasteiger partial charge on any atom is 0.0418 e. The fraction of sp³-hybridized carbons (Fsp3) is 0.647. The van der Waals surface area contributed by atoms with Crippen molar-refractivity contribution in [1.29, 1.82) is 0 Å². The predicted octanol–water partition coefficient (Wildman–Crippen LogP) is 3.81. The zero-order valence-electron chi connectivity index (χ0n) is 12.5. The van der Waals surface area contributed by atoms with E-state index in [2.05, 4.69) is 47.5 Å². The van der Waals surface area contributed by atoms with E-state index in [0.717, 1.165) is 24.4 Å². The average molecular weight is 290 g/mol. The monoisotopic (exact) mass is 290 g/mol. The number of benzene rings is 1. The first kappa shape index (κ1) is 14.3. The second kappa shape index (κ2) is 6.86. The maximum atomic E-state index is 3.78. The summed E-state index contributed by atoms with van der Waals surface area (Å²) in [5.41, 5.74) is 4.36. The first-order chi connectivity index (χ1) is 9.86. The molecular formula is C17H26N2S. The highest BCUT2D eigenvalue weighted by molar-refractivity contribution is 7.99. The highest BCUT2D eigenvalue weighted by atomic mass is 32.2. The Morgan fingerprint density at radius 3 is 3.20 bits per heavy atom. The topological polar surface area (TPSA) is 24.1 Å². The summed E-state index contributed by atoms with van der Waals surface area (Å²) < 4.78 is 0. The molecule has 0 radical (unpaired) electrons. The summed E-state index contributed by atoms with van der Waals surface area (Å²) in [4.78, 5) is 0. The van der Waals surface area contributed by atoms with Gasteiger partial charge in [0.25, 0.3) is 0 Å². The van der Waals surface area contributed by atoms with Crippen LogP contribution in [0.4, 0.5) is 5.69 Å². The van der Waals surface area contributed by atoms with E-state index in [9.17, 15) is 0 Å². The lowest BCUT2D eigenvalue weighted by Gasteiger charge is -2.22. The minimum Gasteiger partial charge on any atom is -0.385 e. The molecule has 1 aliphatic heterocycles. The summed E-state index contributed by atoms with van der Waals surface area (Å²) in [6.07, 6.45) is 6.58. The lowest BCUT2D eigenvalue weighted by atomic mass is 9.99. The van der Waals surface area contributed by atoms with Gasteiger partial charge in [0.15, 0.2) is 0 Å². The summed E-state index contributed by atoms with van der Waals surface area (Å²) >= 11 is 2.13. The molecule has 0 aromatic heterocycles. The molecule has 1 aromatic rings. The highest BCUT2D eigenvalue weighted by Gasteiger charge is 2.24. The van der Waals surface area contributed by atoms with Gasteiger partial charge in [0, 0.05) is 30.1 Å². The summed E-state index contributed by atoms with van der Waals surface area (Å²) in [7, 11) is 0. The molecule has 0 bridgehead atoms. The summed E-state index contributed by atoms with van der Waals surface area (Å²) in [6.45, 7) is 4.42. The van der Waals surface area contributed by atoms with Gasteiger partial charge in [-0.25, -0.2) is 0 Å². The van der Waals surface area contributed by atoms with Crippen LogP contribution in [0, 0.1) is 0 Å². The Kier molecular flexibility index (Phi) is 4.90. The molecule has 3 heteroatoms. The molecule has 0 saturated heterocycles. The van der Waals surface area contributed by atoms with Crippen LogP contribution < -0.4 is 10.6 Å². The first-order valence-electron chi connectivity index (χ1n) is 8.06. The van der Waals surface area contributed by atoms with E-state index in [1.807, 2.05) is 0 Å². The number of hydrogen-bond donors (Lipinski definition) is 2. The molecule has 110 valence electrons. The Bertz CT molecular complexity index is 447. The van der Waals surface area contributed by atoms with Gasteiger partial charge in [0.05, 0.1) is 0 Å². The molecule has 1 heterocycles. The van der Waals surface area contributed by atoms with Crippen LogP contribution in [-0.2, 0) is 13.0 Å². The molecule has 0 amide bonds. The van der Waals surface area contributed by atoms with Crippen LogP contribution in [0.3, 0.4) is 0 Å². The fourth-order valence-corrected chi connectivity index (χ4v) is 4.64. The van der Waals surface area contributed by atoms with E-state index >= 15 is 0 Å². The average Bonchev–Trinajstić information content (AvgIpc) is 2.93. The van der Waals surface area contributed by atoms with Crippen LogP contribution in [0.5, 0.6) is 0 Å². The maximum absolute atomic E-state index is 3.78. The molecule has 1 aliphatic carbocycles. The van der Waals surface area contributed by atoms with Crippen molar-refractivity contribution in [3.05, 3.63) is 29.3 Å². The van der Waals surface area contributed by atoms with Crippen molar-refractivity contribution in [3.8, 4) is 0 Å². The number of fused-ring (bicyclic) bond motifs is 1. The van der Waals surface area contributed by atoms with Gasteiger partial charge < -0.3 is 10.6 Å². The van der Waals surface area contributed by atoms with Crippen molar-refractivity contribution in [1.82, 2.24) is 5.32 Å². The number of para-hydroxylation sites is 1. The van der Waals surface area contributed by atoms with Crippen LogP contribution in [-0.4, -0.2) is 23.6 Å². The standard InChI is InChI=1S/C17H26N2S/c1-2-20-16-9-8-15(11-16)19-12-14-6-3-5-13-7-4-10-18-17(13)14/h3,5-6,15-16,18-19H,2,4,7-12H2,1H3. The van der Waals surface area contributed by atoms with Crippen LogP contribution in [0.15, 0.2) is 18.2 Å². The van der Waals surface area contributed by atoms with Crippen LogP contribution in [0.1, 0.15) is 43.7 Å². The van der Waals surface area contributed by atoms with Gasteiger partial charge in [0.1, 0.15) is 0 Å². The molecule has 2 nitrogen and oxygen atoms in total. The van der Waals surface area contributed by atoms with Crippen molar-refractivity contribution >= 4 is 17.4 Å². The van der Waals surface area contributed by atoms with Gasteiger partial charge in [-0.15, -0.1) is 0 Å². The summed E-state index contributed by atoms with van der Waals surface area (Å²) in [5.74, 6) is 1.26. The van der Waals surface area contributed by atoms with Crippen LogP contribution in [0.25, 0.3) is 0 Å². The second-order valence-corrected chi connectivity index (χ2v) is 7.53. The molecule has 20 heavy (non-hydrogen) atoms. The predicted molar refractivity (Wildman–Crippen MR) is 89.7 cm³/mol. The minimum atomic E-state index is 0.721. The quantitative estimate of drug-likeness (QED) is 0.862. The van der Waals surface area contributed by atoms with Crippen molar-refractivity contribution in [2.75, 3.05) is 17.6 Å². The molecule has 2 N–H and O–H groups in total. The lowest BCUT2D eigenvalue weighted by Crippen LogP contribution is -2.27. The Hall–Kier alpha value is -0.670. The number of aryl methyl sites for hydroxylation is 1. The van der Waals surface area contributed by atoms with Crippen molar-refractivity contribution in [3.63, 3.8) is 0 Å². The third-order valence-electron chi connectivity index (χ3n) is 4.53. The smallest absolute Gasteiger partial charge is 0.0418 e. The van der Waals surface area contributed by atoms with E-state index < -0.39 is 0 Å². The van der Waals surface area contributed by atoms with Gasteiger partial charge in [-0.2, -0.15) is 11.8 Å². The largest absolute Gasteiger partial charge is 0.385 e. The van der Waals surface area contributed by atoms with Crippen LogP contribution in [0.2, 0.25) is 0 Å². The number of rotatable bonds is 5. The molecule has 0 spiro atoms. The van der Waals surface area contributed by atoms with Crippen molar-refractivity contribution < 1.29 is 0 Å². The third-order valence-corrected chi connectivity index (χ3v) is 5.76. The minimum absolute atomic E-state index is 0.721.